The Hall–Kier alpha value is -4.07. The molecule has 4 rings (SSSR count). The first-order chi connectivity index (χ1) is 20.1. The summed E-state index contributed by atoms with van der Waals surface area (Å²) in [4.78, 5) is 12.8. The van der Waals surface area contributed by atoms with Crippen LogP contribution < -0.4 is 14.3 Å². The van der Waals surface area contributed by atoms with Crippen molar-refractivity contribution in [1.82, 2.24) is 0 Å². The number of hydrogen-bond acceptors (Lipinski definition) is 5. The molecule has 0 aliphatic carbocycles. The molecule has 43 heavy (non-hydrogen) atoms. The molecular weight excluding hydrogens is 627 g/mol. The minimum Gasteiger partial charge on any atom is -0.325 e. The molecule has 0 unspecified atom stereocenters. The van der Waals surface area contributed by atoms with Gasteiger partial charge in [-0.25, -0.2) is 16.8 Å². The van der Waals surface area contributed by atoms with Crippen LogP contribution in [0, 0.1) is 13.8 Å². The van der Waals surface area contributed by atoms with Gasteiger partial charge in [0.1, 0.15) is 6.54 Å². The molecule has 4 aromatic rings. The molecule has 226 valence electrons. The number of nitrogens with one attached hydrogen (secondary N) is 2. The van der Waals surface area contributed by atoms with Gasteiger partial charge in [0, 0.05) is 16.4 Å². The van der Waals surface area contributed by atoms with E-state index >= 15 is 0 Å². The number of sulfonamides is 2. The van der Waals surface area contributed by atoms with Crippen molar-refractivity contribution in [1.29, 1.82) is 0 Å². The zero-order chi connectivity index (χ0) is 31.6. The average Bonchev–Trinajstić information content (AvgIpc) is 2.93. The molecule has 0 aliphatic rings. The maximum absolute atomic E-state index is 13.6. The van der Waals surface area contributed by atoms with Crippen molar-refractivity contribution in [3.63, 3.8) is 0 Å². The van der Waals surface area contributed by atoms with E-state index in [0.717, 1.165) is 34.1 Å². The predicted molar refractivity (Wildman–Crippen MR) is 159 cm³/mol. The van der Waals surface area contributed by atoms with E-state index in [0.29, 0.717) is 11.6 Å². The zero-order valence-corrected chi connectivity index (χ0v) is 25.1. The maximum Gasteiger partial charge on any atom is 0.416 e. The normalized spacial score (nSPS) is 12.0. The van der Waals surface area contributed by atoms with Crippen LogP contribution in [0.1, 0.15) is 16.7 Å². The number of amides is 1. The molecule has 1 amide bonds. The van der Waals surface area contributed by atoms with Gasteiger partial charge in [0.15, 0.2) is 0 Å². The summed E-state index contributed by atoms with van der Waals surface area (Å²) in [5.41, 5.74) is 0.452. The van der Waals surface area contributed by atoms with Crippen molar-refractivity contribution in [2.75, 3.05) is 20.9 Å². The topological polar surface area (TPSA) is 113 Å². The third kappa shape index (κ3) is 7.66. The van der Waals surface area contributed by atoms with Crippen LogP contribution in [0.25, 0.3) is 0 Å². The van der Waals surface area contributed by atoms with E-state index in [1.807, 2.05) is 0 Å². The van der Waals surface area contributed by atoms with Crippen LogP contribution in [0.3, 0.4) is 0 Å². The number of carbonyl (C=O) groups is 1. The molecule has 0 atom stereocenters. The molecule has 0 fully saturated rings. The van der Waals surface area contributed by atoms with Crippen molar-refractivity contribution in [3.8, 4) is 0 Å². The van der Waals surface area contributed by atoms with Crippen molar-refractivity contribution in [2.24, 2.45) is 0 Å². The summed E-state index contributed by atoms with van der Waals surface area (Å²) in [7, 11) is -8.48. The Morgan fingerprint density at radius 1 is 0.814 bits per heavy atom. The fourth-order valence-corrected chi connectivity index (χ4v) is 6.70. The lowest BCUT2D eigenvalue weighted by molar-refractivity contribution is -0.137. The number of anilines is 3. The zero-order valence-electron chi connectivity index (χ0n) is 22.7. The second kappa shape index (κ2) is 12.3. The molecule has 0 saturated carbocycles. The predicted octanol–water partition coefficient (Wildman–Crippen LogP) is 6.61. The highest BCUT2D eigenvalue weighted by Gasteiger charge is 2.31. The fraction of sp³-hybridized carbons (Fsp3) is 0.138. The van der Waals surface area contributed by atoms with Gasteiger partial charge in [-0.2, -0.15) is 13.2 Å². The molecule has 0 spiro atoms. The number of rotatable bonds is 9. The number of carbonyl (C=O) groups excluding carboxylic acids is 1. The van der Waals surface area contributed by atoms with Gasteiger partial charge >= 0.3 is 6.18 Å². The number of hydrogen-bond donors (Lipinski definition) is 2. The summed E-state index contributed by atoms with van der Waals surface area (Å²) in [5, 5.41) is 2.81. The first kappa shape index (κ1) is 31.9. The molecule has 0 aliphatic heterocycles. The Balaban J connectivity index is 1.55. The highest BCUT2D eigenvalue weighted by Crippen LogP contribution is 2.32. The largest absolute Gasteiger partial charge is 0.416 e. The molecule has 14 heteroatoms. The van der Waals surface area contributed by atoms with Gasteiger partial charge in [-0.05, 0) is 86.1 Å². The van der Waals surface area contributed by atoms with E-state index in [-0.39, 0.29) is 31.9 Å². The van der Waals surface area contributed by atoms with Gasteiger partial charge in [-0.15, -0.1) is 0 Å². The summed E-state index contributed by atoms with van der Waals surface area (Å²) in [6.45, 7) is 2.85. The van der Waals surface area contributed by atoms with Crippen LogP contribution in [0.15, 0.2) is 101 Å². The first-order valence-corrected chi connectivity index (χ1v) is 15.8. The Morgan fingerprint density at radius 3 is 2.07 bits per heavy atom. The molecule has 0 heterocycles. The standard InChI is InChI=1S/C29H25ClF3N3O5S2/c1-19-6-12-26(13-7-19)43(40,41)36(27-17-22(30)9-8-20(27)2)18-28(37)34-23-10-14-25(15-11-23)42(38,39)35-24-5-3-4-21(16-24)29(31,32)33/h3-17,35H,18H2,1-2H3,(H,34,37). The molecular formula is C29H25ClF3N3O5S2. The second-order valence-electron chi connectivity index (χ2n) is 9.51. The van der Waals surface area contributed by atoms with Gasteiger partial charge in [0.25, 0.3) is 20.0 Å². The summed E-state index contributed by atoms with van der Waals surface area (Å²) in [6, 6.07) is 19.4. The van der Waals surface area contributed by atoms with E-state index in [4.69, 9.17) is 11.6 Å². The fourth-order valence-electron chi connectivity index (χ4n) is 4.01. The monoisotopic (exact) mass is 651 g/mol. The smallest absolute Gasteiger partial charge is 0.325 e. The van der Waals surface area contributed by atoms with Crippen LogP contribution in [0.2, 0.25) is 5.02 Å². The van der Waals surface area contributed by atoms with Gasteiger partial charge in [0.05, 0.1) is 21.0 Å². The number of aryl methyl sites for hydroxylation is 2. The van der Waals surface area contributed by atoms with E-state index < -0.39 is 44.2 Å². The Morgan fingerprint density at radius 2 is 1.44 bits per heavy atom. The quantitative estimate of drug-likeness (QED) is 0.212. The Labute approximate surface area is 252 Å². The van der Waals surface area contributed by atoms with E-state index in [1.54, 1.807) is 38.1 Å². The molecule has 0 aromatic heterocycles. The van der Waals surface area contributed by atoms with E-state index in [9.17, 15) is 34.8 Å². The summed E-state index contributed by atoms with van der Waals surface area (Å²) >= 11 is 6.15. The van der Waals surface area contributed by atoms with Crippen LogP contribution in [-0.4, -0.2) is 29.3 Å². The number of nitrogens with zero attached hydrogens (tertiary/aromatic N) is 1. The summed E-state index contributed by atoms with van der Waals surface area (Å²) in [6.07, 6.45) is -4.65. The lowest BCUT2D eigenvalue weighted by Gasteiger charge is -2.26. The van der Waals surface area contributed by atoms with Gasteiger partial charge in [-0.3, -0.25) is 13.8 Å². The highest BCUT2D eigenvalue weighted by molar-refractivity contribution is 7.93. The minimum absolute atomic E-state index is 0.0342. The third-order valence-corrected chi connectivity index (χ3v) is 9.63. The first-order valence-electron chi connectivity index (χ1n) is 12.5. The van der Waals surface area contributed by atoms with Crippen LogP contribution in [0.5, 0.6) is 0 Å². The molecule has 0 bridgehead atoms. The van der Waals surface area contributed by atoms with Crippen molar-refractivity contribution >= 4 is 54.6 Å². The number of halogens is 4. The molecule has 2 N–H and O–H groups in total. The number of alkyl halides is 3. The van der Waals surface area contributed by atoms with E-state index in [2.05, 4.69) is 10.0 Å². The minimum atomic E-state index is -4.65. The summed E-state index contributed by atoms with van der Waals surface area (Å²) < 4.78 is 94.8. The second-order valence-corrected chi connectivity index (χ2v) is 13.5. The van der Waals surface area contributed by atoms with Crippen molar-refractivity contribution < 1.29 is 34.8 Å². The third-order valence-electron chi connectivity index (χ3n) is 6.23. The van der Waals surface area contributed by atoms with E-state index in [1.165, 1.54) is 36.4 Å². The molecule has 0 radical (unpaired) electrons. The Kier molecular flexibility index (Phi) is 9.09. The highest BCUT2D eigenvalue weighted by atomic mass is 35.5. The molecule has 4 aromatic carbocycles. The Bertz CT molecular complexity index is 1870. The average molecular weight is 652 g/mol. The summed E-state index contributed by atoms with van der Waals surface area (Å²) in [5.74, 6) is -0.729. The van der Waals surface area contributed by atoms with Crippen LogP contribution >= 0.6 is 11.6 Å². The maximum atomic E-state index is 13.6. The van der Waals surface area contributed by atoms with Crippen molar-refractivity contribution in [2.45, 2.75) is 29.8 Å². The molecule has 8 nitrogen and oxygen atoms in total. The van der Waals surface area contributed by atoms with Crippen LogP contribution in [-0.2, 0) is 31.0 Å². The van der Waals surface area contributed by atoms with Gasteiger partial charge in [0.2, 0.25) is 5.91 Å². The number of benzene rings is 4. The van der Waals surface area contributed by atoms with Gasteiger partial charge < -0.3 is 5.32 Å². The lowest BCUT2D eigenvalue weighted by atomic mass is 10.2. The van der Waals surface area contributed by atoms with Gasteiger partial charge in [-0.1, -0.05) is 41.4 Å². The van der Waals surface area contributed by atoms with Crippen molar-refractivity contribution in [3.05, 3.63) is 113 Å². The van der Waals surface area contributed by atoms with Crippen LogP contribution in [0.4, 0.5) is 30.2 Å². The SMILES string of the molecule is Cc1ccc(S(=O)(=O)N(CC(=O)Nc2ccc(S(=O)(=O)Nc3cccc(C(F)(F)F)c3)cc2)c2cc(Cl)ccc2C)cc1. The molecule has 0 saturated heterocycles. The lowest BCUT2D eigenvalue weighted by Crippen LogP contribution is -2.38.